The fourth-order valence-electron chi connectivity index (χ4n) is 3.11. The van der Waals surface area contributed by atoms with E-state index in [2.05, 4.69) is 26.1 Å². The van der Waals surface area contributed by atoms with Crippen molar-refractivity contribution in [1.82, 2.24) is 10.2 Å². The van der Waals surface area contributed by atoms with E-state index >= 15 is 0 Å². The molecule has 21 heavy (non-hydrogen) atoms. The monoisotopic (exact) mass is 308 g/mol. The van der Waals surface area contributed by atoms with Crippen LogP contribution in [0.25, 0.3) is 0 Å². The quantitative estimate of drug-likeness (QED) is 0.923. The molecule has 0 spiro atoms. The maximum Gasteiger partial charge on any atom is 0.236 e. The van der Waals surface area contributed by atoms with Crippen LogP contribution in [-0.4, -0.2) is 30.4 Å². The third-order valence-corrected chi connectivity index (χ3v) is 4.36. The van der Waals surface area contributed by atoms with Crippen molar-refractivity contribution in [3.8, 4) is 0 Å². The second-order valence-corrected chi connectivity index (χ2v) is 6.84. The molecular formula is C17H25ClN2O. The van der Waals surface area contributed by atoms with Gasteiger partial charge >= 0.3 is 0 Å². The van der Waals surface area contributed by atoms with E-state index in [1.165, 1.54) is 6.42 Å². The average molecular weight is 309 g/mol. The number of amides is 1. The van der Waals surface area contributed by atoms with Gasteiger partial charge in [-0.05, 0) is 42.9 Å². The van der Waals surface area contributed by atoms with Crippen LogP contribution in [0.2, 0.25) is 5.02 Å². The van der Waals surface area contributed by atoms with Crippen molar-refractivity contribution in [2.24, 2.45) is 11.8 Å². The zero-order valence-electron chi connectivity index (χ0n) is 13.1. The number of hydrogen-bond acceptors (Lipinski definition) is 2. The molecule has 1 N–H and O–H groups in total. The lowest BCUT2D eigenvalue weighted by Gasteiger charge is -2.35. The Hall–Kier alpha value is -1.06. The van der Waals surface area contributed by atoms with Crippen LogP contribution in [0.5, 0.6) is 0 Å². The van der Waals surface area contributed by atoms with E-state index in [9.17, 15) is 4.79 Å². The second kappa shape index (κ2) is 7.28. The van der Waals surface area contributed by atoms with Gasteiger partial charge in [-0.2, -0.15) is 0 Å². The van der Waals surface area contributed by atoms with Crippen LogP contribution in [-0.2, 0) is 4.79 Å². The molecule has 0 bridgehead atoms. The number of benzene rings is 1. The molecule has 3 nitrogen and oxygen atoms in total. The molecule has 1 aromatic carbocycles. The van der Waals surface area contributed by atoms with E-state index in [-0.39, 0.29) is 11.9 Å². The summed E-state index contributed by atoms with van der Waals surface area (Å²) in [5.41, 5.74) is 1.11. The number of carbonyl (C=O) groups is 1. The van der Waals surface area contributed by atoms with Gasteiger partial charge in [-0.25, -0.2) is 0 Å². The van der Waals surface area contributed by atoms with E-state index in [0.29, 0.717) is 18.4 Å². The van der Waals surface area contributed by atoms with Crippen molar-refractivity contribution >= 4 is 17.5 Å². The van der Waals surface area contributed by atoms with Crippen molar-refractivity contribution in [2.45, 2.75) is 33.2 Å². The summed E-state index contributed by atoms with van der Waals surface area (Å²) in [7, 11) is 0. The predicted molar refractivity (Wildman–Crippen MR) is 87.4 cm³/mol. The Morgan fingerprint density at radius 3 is 2.67 bits per heavy atom. The molecule has 1 heterocycles. The smallest absolute Gasteiger partial charge is 0.236 e. The minimum absolute atomic E-state index is 0.118. The number of halogens is 1. The van der Waals surface area contributed by atoms with Crippen molar-refractivity contribution in [2.75, 3.05) is 19.6 Å². The van der Waals surface area contributed by atoms with E-state index in [4.69, 9.17) is 11.6 Å². The van der Waals surface area contributed by atoms with Crippen molar-refractivity contribution < 1.29 is 4.79 Å². The Labute approximate surface area is 132 Å². The number of carbonyl (C=O) groups excluding carboxylic acids is 1. The van der Waals surface area contributed by atoms with Crippen LogP contribution in [0.3, 0.4) is 0 Å². The molecule has 0 aliphatic carbocycles. The molecule has 3 unspecified atom stereocenters. The van der Waals surface area contributed by atoms with Crippen LogP contribution in [0, 0.1) is 11.8 Å². The van der Waals surface area contributed by atoms with Crippen LogP contribution in [0.15, 0.2) is 24.3 Å². The number of nitrogens with one attached hydrogen (secondary N) is 1. The molecule has 1 aromatic rings. The van der Waals surface area contributed by atoms with E-state index < -0.39 is 0 Å². The normalized spacial score (nSPS) is 23.9. The lowest BCUT2D eigenvalue weighted by Crippen LogP contribution is -2.46. The molecule has 4 heteroatoms. The number of rotatable bonds is 4. The average Bonchev–Trinajstić information content (AvgIpc) is 2.43. The minimum atomic E-state index is 0.118. The Morgan fingerprint density at radius 1 is 1.38 bits per heavy atom. The van der Waals surface area contributed by atoms with Crippen LogP contribution < -0.4 is 5.32 Å². The Morgan fingerprint density at radius 2 is 2.05 bits per heavy atom. The van der Waals surface area contributed by atoms with Gasteiger partial charge in [0.1, 0.15) is 0 Å². The van der Waals surface area contributed by atoms with Gasteiger partial charge in [-0.3, -0.25) is 4.79 Å². The van der Waals surface area contributed by atoms with Crippen molar-refractivity contribution in [1.29, 1.82) is 0 Å². The molecule has 1 saturated heterocycles. The van der Waals surface area contributed by atoms with E-state index in [0.717, 1.165) is 23.7 Å². The molecule has 3 atom stereocenters. The standard InChI is InChI=1S/C17H25ClN2O/c1-12-7-13(2)11-20(10-12)17(21)9-19-14(3)15-5-4-6-16(18)8-15/h4-6,8,12-14,19H,7,9-11H2,1-3H3. The highest BCUT2D eigenvalue weighted by molar-refractivity contribution is 6.30. The third kappa shape index (κ3) is 4.72. The SMILES string of the molecule is CC1CC(C)CN(C(=O)CNC(C)c2cccc(Cl)c2)C1. The lowest BCUT2D eigenvalue weighted by atomic mass is 9.92. The summed E-state index contributed by atoms with van der Waals surface area (Å²) < 4.78 is 0. The first-order chi connectivity index (χ1) is 9.95. The van der Waals surface area contributed by atoms with Gasteiger partial charge in [0.25, 0.3) is 0 Å². The number of hydrogen-bond donors (Lipinski definition) is 1. The van der Waals surface area contributed by atoms with Crippen molar-refractivity contribution in [3.63, 3.8) is 0 Å². The number of nitrogens with zero attached hydrogens (tertiary/aromatic N) is 1. The summed E-state index contributed by atoms with van der Waals surface area (Å²) >= 11 is 6.00. The highest BCUT2D eigenvalue weighted by Crippen LogP contribution is 2.21. The fourth-order valence-corrected chi connectivity index (χ4v) is 3.31. The zero-order chi connectivity index (χ0) is 15.4. The maximum absolute atomic E-state index is 12.3. The van der Waals surface area contributed by atoms with Crippen molar-refractivity contribution in [3.05, 3.63) is 34.9 Å². The van der Waals surface area contributed by atoms with E-state index in [1.807, 2.05) is 29.2 Å². The summed E-state index contributed by atoms with van der Waals surface area (Å²) in [6, 6.07) is 7.88. The number of likely N-dealkylation sites (tertiary alicyclic amines) is 1. The summed E-state index contributed by atoms with van der Waals surface area (Å²) in [4.78, 5) is 14.3. The summed E-state index contributed by atoms with van der Waals surface area (Å²) in [6.07, 6.45) is 1.22. The molecule has 116 valence electrons. The van der Waals surface area contributed by atoms with Gasteiger partial charge in [0.15, 0.2) is 0 Å². The molecule has 1 aliphatic heterocycles. The summed E-state index contributed by atoms with van der Waals surface area (Å²) in [5, 5.41) is 4.03. The van der Waals surface area contributed by atoms with Gasteiger partial charge in [-0.15, -0.1) is 0 Å². The highest BCUT2D eigenvalue weighted by atomic mass is 35.5. The van der Waals surface area contributed by atoms with E-state index in [1.54, 1.807) is 0 Å². The second-order valence-electron chi connectivity index (χ2n) is 6.40. The largest absolute Gasteiger partial charge is 0.341 e. The molecule has 1 amide bonds. The molecule has 2 rings (SSSR count). The van der Waals surface area contributed by atoms with Gasteiger partial charge in [0.2, 0.25) is 5.91 Å². The molecule has 0 radical (unpaired) electrons. The van der Waals surface area contributed by atoms with Gasteiger partial charge in [0, 0.05) is 24.2 Å². The summed E-state index contributed by atoms with van der Waals surface area (Å²) in [5.74, 6) is 1.40. The lowest BCUT2D eigenvalue weighted by molar-refractivity contribution is -0.133. The van der Waals surface area contributed by atoms with Crippen LogP contribution in [0.4, 0.5) is 0 Å². The number of piperidine rings is 1. The Bertz CT molecular complexity index is 481. The highest BCUT2D eigenvalue weighted by Gasteiger charge is 2.25. The van der Waals surface area contributed by atoms with Crippen LogP contribution in [0.1, 0.15) is 38.8 Å². The topological polar surface area (TPSA) is 32.3 Å². The minimum Gasteiger partial charge on any atom is -0.341 e. The van der Waals surface area contributed by atoms with Gasteiger partial charge in [-0.1, -0.05) is 37.6 Å². The Balaban J connectivity index is 1.86. The first-order valence-electron chi connectivity index (χ1n) is 7.72. The van der Waals surface area contributed by atoms with Gasteiger partial charge < -0.3 is 10.2 Å². The first-order valence-corrected chi connectivity index (χ1v) is 8.10. The molecule has 1 aliphatic rings. The molecule has 1 fully saturated rings. The summed E-state index contributed by atoms with van der Waals surface area (Å²) in [6.45, 7) is 8.65. The van der Waals surface area contributed by atoms with Crippen LogP contribution >= 0.6 is 11.6 Å². The third-order valence-electron chi connectivity index (χ3n) is 4.13. The zero-order valence-corrected chi connectivity index (χ0v) is 13.9. The van der Waals surface area contributed by atoms with Gasteiger partial charge in [0.05, 0.1) is 6.54 Å². The Kier molecular flexibility index (Phi) is 5.65. The fraction of sp³-hybridized carbons (Fsp3) is 0.588. The molecular weight excluding hydrogens is 284 g/mol. The predicted octanol–water partition coefficient (Wildman–Crippen LogP) is 3.50. The molecule has 0 aromatic heterocycles. The first kappa shape index (κ1) is 16.3. The maximum atomic E-state index is 12.3. The molecule has 0 saturated carbocycles.